The van der Waals surface area contributed by atoms with Gasteiger partial charge in [-0.25, -0.2) is 0 Å². The second-order valence-electron chi connectivity index (χ2n) is 6.30. The van der Waals surface area contributed by atoms with Crippen molar-refractivity contribution < 1.29 is 24.0 Å². The van der Waals surface area contributed by atoms with Crippen LogP contribution in [0.25, 0.3) is 0 Å². The SMILES string of the molecule is CCOc1ccc(NC(=O)C[NH+](C)CC(=O)Nc2ccccc2)cc1OCC. The maximum Gasteiger partial charge on any atom is 0.279 e. The molecule has 0 heterocycles. The van der Waals surface area contributed by atoms with Gasteiger partial charge in [-0.1, -0.05) is 18.2 Å². The number of nitrogens with one attached hydrogen (secondary N) is 3. The number of carbonyl (C=O) groups is 2. The summed E-state index contributed by atoms with van der Waals surface area (Å²) in [6.45, 7) is 5.18. The van der Waals surface area contributed by atoms with Gasteiger partial charge >= 0.3 is 0 Å². The predicted molar refractivity (Wildman–Crippen MR) is 109 cm³/mol. The van der Waals surface area contributed by atoms with Crippen molar-refractivity contribution in [2.75, 3.05) is 44.0 Å². The Morgan fingerprint density at radius 2 is 1.39 bits per heavy atom. The van der Waals surface area contributed by atoms with Gasteiger partial charge < -0.3 is 25.0 Å². The zero-order valence-corrected chi connectivity index (χ0v) is 16.6. The number of benzene rings is 2. The summed E-state index contributed by atoms with van der Waals surface area (Å²) >= 11 is 0. The van der Waals surface area contributed by atoms with Crippen molar-refractivity contribution in [1.29, 1.82) is 0 Å². The van der Waals surface area contributed by atoms with Crippen molar-refractivity contribution >= 4 is 23.2 Å². The molecule has 0 aliphatic heterocycles. The quantitative estimate of drug-likeness (QED) is 0.579. The third-order valence-electron chi connectivity index (χ3n) is 3.81. The average molecular weight is 386 g/mol. The second-order valence-corrected chi connectivity index (χ2v) is 6.30. The summed E-state index contributed by atoms with van der Waals surface area (Å²) in [6, 6.07) is 14.5. The van der Waals surface area contributed by atoms with Crippen molar-refractivity contribution in [3.05, 3.63) is 48.5 Å². The summed E-state index contributed by atoms with van der Waals surface area (Å²) < 4.78 is 11.1. The van der Waals surface area contributed by atoms with Crippen LogP contribution < -0.4 is 25.0 Å². The summed E-state index contributed by atoms with van der Waals surface area (Å²) in [5, 5.41) is 5.65. The minimum absolute atomic E-state index is 0.142. The Labute approximate surface area is 165 Å². The maximum absolute atomic E-state index is 12.3. The molecule has 2 rings (SSSR count). The number of carbonyl (C=O) groups excluding carboxylic acids is 2. The van der Waals surface area contributed by atoms with Crippen molar-refractivity contribution in [3.8, 4) is 11.5 Å². The molecule has 2 aromatic rings. The molecule has 0 aromatic heterocycles. The summed E-state index contributed by atoms with van der Waals surface area (Å²) in [7, 11) is 1.80. The average Bonchev–Trinajstić information content (AvgIpc) is 2.64. The van der Waals surface area contributed by atoms with E-state index in [4.69, 9.17) is 9.47 Å². The first-order chi connectivity index (χ1) is 13.5. The van der Waals surface area contributed by atoms with Crippen LogP contribution in [0.15, 0.2) is 48.5 Å². The van der Waals surface area contributed by atoms with E-state index < -0.39 is 0 Å². The van der Waals surface area contributed by atoms with Gasteiger partial charge in [-0.15, -0.1) is 0 Å². The molecular weight excluding hydrogens is 358 g/mol. The van der Waals surface area contributed by atoms with Gasteiger partial charge in [0.1, 0.15) is 0 Å². The summed E-state index contributed by atoms with van der Waals surface area (Å²) in [5.41, 5.74) is 1.36. The normalized spacial score (nSPS) is 11.4. The maximum atomic E-state index is 12.3. The van der Waals surface area contributed by atoms with E-state index in [0.29, 0.717) is 30.4 Å². The second kappa shape index (κ2) is 10.9. The molecule has 2 aromatic carbocycles. The van der Waals surface area contributed by atoms with E-state index in [2.05, 4.69) is 10.6 Å². The summed E-state index contributed by atoms with van der Waals surface area (Å²) in [6.07, 6.45) is 0. The van der Waals surface area contributed by atoms with E-state index in [0.717, 1.165) is 10.6 Å². The molecule has 7 heteroatoms. The monoisotopic (exact) mass is 386 g/mol. The highest BCUT2D eigenvalue weighted by atomic mass is 16.5. The lowest BCUT2D eigenvalue weighted by molar-refractivity contribution is -0.862. The molecule has 0 radical (unpaired) electrons. The molecular formula is C21H28N3O4+. The van der Waals surface area contributed by atoms with Gasteiger partial charge in [0.2, 0.25) is 0 Å². The highest BCUT2D eigenvalue weighted by Gasteiger charge is 2.15. The fraction of sp³-hybridized carbons (Fsp3) is 0.333. The first-order valence-corrected chi connectivity index (χ1v) is 9.37. The molecule has 28 heavy (non-hydrogen) atoms. The molecule has 0 saturated heterocycles. The third kappa shape index (κ3) is 6.92. The van der Waals surface area contributed by atoms with E-state index >= 15 is 0 Å². The highest BCUT2D eigenvalue weighted by Crippen LogP contribution is 2.30. The Bertz CT molecular complexity index is 780. The minimum atomic E-state index is -0.184. The van der Waals surface area contributed by atoms with Crippen LogP contribution >= 0.6 is 0 Å². The molecule has 0 aliphatic rings. The largest absolute Gasteiger partial charge is 0.490 e. The first kappa shape index (κ1) is 21.2. The van der Waals surface area contributed by atoms with Gasteiger partial charge in [-0.3, -0.25) is 9.59 Å². The Hall–Kier alpha value is -3.06. The zero-order chi connectivity index (χ0) is 20.4. The fourth-order valence-electron chi connectivity index (χ4n) is 2.67. The molecule has 1 atom stereocenters. The number of para-hydroxylation sites is 1. The van der Waals surface area contributed by atoms with Gasteiger partial charge in [0.15, 0.2) is 24.6 Å². The van der Waals surface area contributed by atoms with Gasteiger partial charge in [0.05, 0.1) is 20.3 Å². The Morgan fingerprint density at radius 3 is 2.00 bits per heavy atom. The standard InChI is InChI=1S/C21H27N3O4/c1-4-27-18-12-11-17(13-19(18)28-5-2)23-21(26)15-24(3)14-20(25)22-16-9-7-6-8-10-16/h6-13H,4-5,14-15H2,1-3H3,(H,22,25)(H,23,26)/p+1. The molecule has 0 bridgehead atoms. The fourth-order valence-corrected chi connectivity index (χ4v) is 2.67. The topological polar surface area (TPSA) is 81.1 Å². The van der Waals surface area contributed by atoms with Gasteiger partial charge in [0.25, 0.3) is 11.8 Å². The summed E-state index contributed by atoms with van der Waals surface area (Å²) in [4.78, 5) is 25.2. The molecule has 1 unspecified atom stereocenters. The number of ether oxygens (including phenoxy) is 2. The van der Waals surface area contributed by atoms with E-state index in [9.17, 15) is 9.59 Å². The molecule has 2 amide bonds. The van der Waals surface area contributed by atoms with E-state index in [1.54, 1.807) is 25.2 Å². The van der Waals surface area contributed by atoms with Crippen molar-refractivity contribution in [2.24, 2.45) is 0 Å². The lowest BCUT2D eigenvalue weighted by Crippen LogP contribution is -3.11. The van der Waals surface area contributed by atoms with E-state index in [-0.39, 0.29) is 24.9 Å². The Morgan fingerprint density at radius 1 is 0.821 bits per heavy atom. The van der Waals surface area contributed by atoms with Crippen LogP contribution in [0.3, 0.4) is 0 Å². The predicted octanol–water partition coefficient (Wildman–Crippen LogP) is 1.58. The van der Waals surface area contributed by atoms with E-state index in [1.807, 2.05) is 44.2 Å². The van der Waals surface area contributed by atoms with Crippen LogP contribution in [-0.4, -0.2) is 45.2 Å². The third-order valence-corrected chi connectivity index (χ3v) is 3.81. The molecule has 0 spiro atoms. The minimum Gasteiger partial charge on any atom is -0.490 e. The zero-order valence-electron chi connectivity index (χ0n) is 16.6. The number of amides is 2. The van der Waals surface area contributed by atoms with Gasteiger partial charge in [-0.2, -0.15) is 0 Å². The lowest BCUT2D eigenvalue weighted by atomic mass is 10.2. The number of hydrogen-bond acceptors (Lipinski definition) is 4. The number of hydrogen-bond donors (Lipinski definition) is 3. The molecule has 7 nitrogen and oxygen atoms in total. The van der Waals surface area contributed by atoms with Crippen LogP contribution in [0, 0.1) is 0 Å². The van der Waals surface area contributed by atoms with Crippen LogP contribution in [0.5, 0.6) is 11.5 Å². The van der Waals surface area contributed by atoms with Gasteiger partial charge in [0, 0.05) is 17.4 Å². The molecule has 0 aliphatic carbocycles. The first-order valence-electron chi connectivity index (χ1n) is 9.37. The van der Waals surface area contributed by atoms with Crippen molar-refractivity contribution in [2.45, 2.75) is 13.8 Å². The van der Waals surface area contributed by atoms with Crippen LogP contribution in [0.2, 0.25) is 0 Å². The molecule has 0 saturated carbocycles. The highest BCUT2D eigenvalue weighted by molar-refractivity contribution is 5.93. The van der Waals surface area contributed by atoms with Crippen molar-refractivity contribution in [1.82, 2.24) is 0 Å². The molecule has 0 fully saturated rings. The number of rotatable bonds is 10. The number of likely N-dealkylation sites (N-methyl/N-ethyl adjacent to an activating group) is 1. The molecule has 3 N–H and O–H groups in total. The smallest absolute Gasteiger partial charge is 0.279 e. The van der Waals surface area contributed by atoms with E-state index in [1.165, 1.54) is 0 Å². The number of quaternary nitrogens is 1. The van der Waals surface area contributed by atoms with Crippen LogP contribution in [0.4, 0.5) is 11.4 Å². The Kier molecular flexibility index (Phi) is 8.30. The number of anilines is 2. The lowest BCUT2D eigenvalue weighted by Gasteiger charge is -2.15. The Balaban J connectivity index is 1.87. The summed E-state index contributed by atoms with van der Waals surface area (Å²) in [5.74, 6) is 0.903. The van der Waals surface area contributed by atoms with Crippen LogP contribution in [-0.2, 0) is 9.59 Å². The van der Waals surface area contributed by atoms with Crippen molar-refractivity contribution in [3.63, 3.8) is 0 Å². The van der Waals surface area contributed by atoms with Gasteiger partial charge in [-0.05, 0) is 38.1 Å². The van der Waals surface area contributed by atoms with Crippen LogP contribution in [0.1, 0.15) is 13.8 Å². The molecule has 150 valence electrons.